The van der Waals surface area contributed by atoms with Crippen molar-refractivity contribution in [3.63, 3.8) is 0 Å². The SMILES string of the molecule is O=C(NC(C(=O)O)C1CC1)c1csc(-c2cc(Br)cs2)n1. The van der Waals surface area contributed by atoms with Crippen LogP contribution in [-0.4, -0.2) is 28.0 Å². The minimum Gasteiger partial charge on any atom is -0.480 e. The van der Waals surface area contributed by atoms with Crippen LogP contribution >= 0.6 is 38.6 Å². The van der Waals surface area contributed by atoms with E-state index in [2.05, 4.69) is 26.2 Å². The standard InChI is InChI=1S/C13H11BrN2O3S2/c14-7-3-9(20-4-7)12-15-8(5-21-12)11(17)16-10(13(18)19)6-1-2-6/h3-6,10H,1-2H2,(H,16,17)(H,18,19). The molecule has 0 spiro atoms. The van der Waals surface area contributed by atoms with E-state index in [4.69, 9.17) is 5.11 Å². The molecular formula is C13H11BrN2O3S2. The molecule has 0 aliphatic heterocycles. The van der Waals surface area contributed by atoms with Gasteiger partial charge in [-0.15, -0.1) is 22.7 Å². The molecule has 1 fully saturated rings. The number of carboxylic acids is 1. The molecule has 8 heteroatoms. The average molecular weight is 387 g/mol. The Kier molecular flexibility index (Phi) is 4.10. The normalized spacial score (nSPS) is 15.7. The van der Waals surface area contributed by atoms with Gasteiger partial charge in [-0.25, -0.2) is 9.78 Å². The van der Waals surface area contributed by atoms with Crippen LogP contribution in [0.5, 0.6) is 0 Å². The zero-order valence-electron chi connectivity index (χ0n) is 10.7. The van der Waals surface area contributed by atoms with E-state index in [-0.39, 0.29) is 11.6 Å². The predicted molar refractivity (Wildman–Crippen MR) is 84.7 cm³/mol. The molecule has 0 radical (unpaired) electrons. The Bertz CT molecular complexity index is 693. The molecule has 0 aromatic carbocycles. The Morgan fingerprint density at radius 3 is 2.71 bits per heavy atom. The molecule has 0 saturated heterocycles. The number of nitrogens with one attached hydrogen (secondary N) is 1. The number of thiophene rings is 1. The van der Waals surface area contributed by atoms with E-state index in [1.54, 1.807) is 5.38 Å². The lowest BCUT2D eigenvalue weighted by Crippen LogP contribution is -2.42. The van der Waals surface area contributed by atoms with Gasteiger partial charge in [0.05, 0.1) is 4.88 Å². The summed E-state index contributed by atoms with van der Waals surface area (Å²) in [5, 5.41) is 16.1. The molecule has 1 atom stereocenters. The highest BCUT2D eigenvalue weighted by molar-refractivity contribution is 9.10. The van der Waals surface area contributed by atoms with Crippen LogP contribution < -0.4 is 5.32 Å². The van der Waals surface area contributed by atoms with Crippen LogP contribution in [0.2, 0.25) is 0 Å². The number of thiazole rings is 1. The second-order valence-electron chi connectivity index (χ2n) is 4.79. The van der Waals surface area contributed by atoms with Crippen molar-refractivity contribution < 1.29 is 14.7 Å². The molecule has 110 valence electrons. The van der Waals surface area contributed by atoms with Gasteiger partial charge in [0.2, 0.25) is 0 Å². The van der Waals surface area contributed by atoms with Crippen molar-refractivity contribution in [1.82, 2.24) is 10.3 Å². The van der Waals surface area contributed by atoms with Gasteiger partial charge in [-0.1, -0.05) is 0 Å². The van der Waals surface area contributed by atoms with Gasteiger partial charge in [0.25, 0.3) is 5.91 Å². The Morgan fingerprint density at radius 1 is 1.38 bits per heavy atom. The van der Waals surface area contributed by atoms with Crippen LogP contribution in [0.1, 0.15) is 23.3 Å². The summed E-state index contributed by atoms with van der Waals surface area (Å²) < 4.78 is 0.975. The van der Waals surface area contributed by atoms with Crippen molar-refractivity contribution in [3.8, 4) is 9.88 Å². The molecule has 3 rings (SSSR count). The smallest absolute Gasteiger partial charge is 0.326 e. The van der Waals surface area contributed by atoms with Gasteiger partial charge in [0.1, 0.15) is 16.7 Å². The second-order valence-corrected chi connectivity index (χ2v) is 7.48. The summed E-state index contributed by atoms with van der Waals surface area (Å²) in [6, 6.07) is 1.13. The first-order chi connectivity index (χ1) is 10.0. The van der Waals surface area contributed by atoms with E-state index in [0.29, 0.717) is 0 Å². The van der Waals surface area contributed by atoms with E-state index in [1.807, 2.05) is 11.4 Å². The summed E-state index contributed by atoms with van der Waals surface area (Å²) in [4.78, 5) is 28.5. The maximum absolute atomic E-state index is 12.1. The third-order valence-electron chi connectivity index (χ3n) is 3.16. The highest BCUT2D eigenvalue weighted by atomic mass is 79.9. The van der Waals surface area contributed by atoms with Gasteiger partial charge >= 0.3 is 5.97 Å². The monoisotopic (exact) mass is 386 g/mol. The van der Waals surface area contributed by atoms with E-state index in [9.17, 15) is 9.59 Å². The zero-order chi connectivity index (χ0) is 15.0. The topological polar surface area (TPSA) is 79.3 Å². The van der Waals surface area contributed by atoms with E-state index < -0.39 is 17.9 Å². The van der Waals surface area contributed by atoms with Crippen LogP contribution in [0.4, 0.5) is 0 Å². The van der Waals surface area contributed by atoms with Gasteiger partial charge in [0, 0.05) is 15.2 Å². The number of aromatic nitrogens is 1. The third-order valence-corrected chi connectivity index (χ3v) is 5.86. The summed E-state index contributed by atoms with van der Waals surface area (Å²) in [6.07, 6.45) is 1.70. The Hall–Kier alpha value is -1.25. The zero-order valence-corrected chi connectivity index (χ0v) is 13.9. The number of aliphatic carboxylic acids is 1. The van der Waals surface area contributed by atoms with E-state index in [0.717, 1.165) is 27.2 Å². The van der Waals surface area contributed by atoms with Gasteiger partial charge in [-0.2, -0.15) is 0 Å². The fourth-order valence-corrected chi connectivity index (χ4v) is 4.25. The van der Waals surface area contributed by atoms with Crippen LogP contribution in [-0.2, 0) is 4.79 Å². The number of hydrogen-bond acceptors (Lipinski definition) is 5. The summed E-state index contributed by atoms with van der Waals surface area (Å²) in [5.41, 5.74) is 0.270. The third kappa shape index (κ3) is 3.33. The number of hydrogen-bond donors (Lipinski definition) is 2. The number of carboxylic acid groups (broad SMARTS) is 1. The van der Waals surface area contributed by atoms with Crippen LogP contribution in [0.15, 0.2) is 21.3 Å². The van der Waals surface area contributed by atoms with Crippen LogP contribution in [0, 0.1) is 5.92 Å². The molecule has 1 amide bonds. The number of nitrogens with zero attached hydrogens (tertiary/aromatic N) is 1. The Morgan fingerprint density at radius 2 is 2.14 bits per heavy atom. The summed E-state index contributed by atoms with van der Waals surface area (Å²) >= 11 is 6.29. The van der Waals surface area contributed by atoms with Crippen molar-refractivity contribution in [2.24, 2.45) is 5.92 Å². The summed E-state index contributed by atoms with van der Waals surface area (Å²) in [5.74, 6) is -1.35. The van der Waals surface area contributed by atoms with Crippen molar-refractivity contribution in [1.29, 1.82) is 0 Å². The van der Waals surface area contributed by atoms with Crippen molar-refractivity contribution >= 4 is 50.5 Å². The van der Waals surface area contributed by atoms with E-state index >= 15 is 0 Å². The van der Waals surface area contributed by atoms with Gasteiger partial charge in [0.15, 0.2) is 0 Å². The van der Waals surface area contributed by atoms with Crippen molar-refractivity contribution in [2.75, 3.05) is 0 Å². The lowest BCUT2D eigenvalue weighted by atomic mass is 10.2. The van der Waals surface area contributed by atoms with Crippen molar-refractivity contribution in [3.05, 3.63) is 27.0 Å². The van der Waals surface area contributed by atoms with Crippen LogP contribution in [0.25, 0.3) is 9.88 Å². The Balaban J connectivity index is 1.73. The first-order valence-corrected chi connectivity index (χ1v) is 8.83. The highest BCUT2D eigenvalue weighted by Crippen LogP contribution is 2.34. The molecular weight excluding hydrogens is 376 g/mol. The molecule has 1 saturated carbocycles. The first-order valence-electron chi connectivity index (χ1n) is 6.28. The predicted octanol–water partition coefficient (Wildman–Crippen LogP) is 3.23. The van der Waals surface area contributed by atoms with Gasteiger partial charge in [-0.05, 0) is 40.8 Å². The van der Waals surface area contributed by atoms with Crippen molar-refractivity contribution in [2.45, 2.75) is 18.9 Å². The summed E-state index contributed by atoms with van der Waals surface area (Å²) in [6.45, 7) is 0. The van der Waals surface area contributed by atoms with E-state index in [1.165, 1.54) is 22.7 Å². The Labute approximate surface area is 137 Å². The van der Waals surface area contributed by atoms with Gasteiger partial charge in [-0.3, -0.25) is 4.79 Å². The van der Waals surface area contributed by atoms with Crippen LogP contribution in [0.3, 0.4) is 0 Å². The minimum absolute atomic E-state index is 0.0535. The second kappa shape index (κ2) is 5.86. The molecule has 1 aliphatic rings. The number of rotatable bonds is 5. The molecule has 2 aromatic rings. The number of halogens is 1. The summed E-state index contributed by atoms with van der Waals surface area (Å²) in [7, 11) is 0. The molecule has 1 aliphatic carbocycles. The average Bonchev–Trinajstić information content (AvgIpc) is 2.98. The van der Waals surface area contributed by atoms with Gasteiger partial charge < -0.3 is 10.4 Å². The number of carbonyl (C=O) groups is 2. The molecule has 2 N–H and O–H groups in total. The lowest BCUT2D eigenvalue weighted by molar-refractivity contribution is -0.139. The quantitative estimate of drug-likeness (QED) is 0.826. The fraction of sp³-hybridized carbons (Fsp3) is 0.308. The molecule has 2 heterocycles. The lowest BCUT2D eigenvalue weighted by Gasteiger charge is -2.12. The maximum atomic E-state index is 12.1. The maximum Gasteiger partial charge on any atom is 0.326 e. The number of amides is 1. The first kappa shape index (κ1) is 14.7. The molecule has 2 aromatic heterocycles. The molecule has 5 nitrogen and oxygen atoms in total. The molecule has 0 bridgehead atoms. The minimum atomic E-state index is -0.983. The molecule has 21 heavy (non-hydrogen) atoms. The largest absolute Gasteiger partial charge is 0.480 e. The number of carbonyl (C=O) groups excluding carboxylic acids is 1. The highest BCUT2D eigenvalue weighted by Gasteiger charge is 2.37. The molecule has 1 unspecified atom stereocenters. The fourth-order valence-electron chi connectivity index (χ4n) is 1.94.